The highest BCUT2D eigenvalue weighted by atomic mass is 79.9. The number of pyridine rings is 2. The Kier molecular flexibility index (Phi) is 9.40. The van der Waals surface area contributed by atoms with Gasteiger partial charge in [0.2, 0.25) is 0 Å². The molecule has 4 heterocycles. The molecule has 1 unspecified atom stereocenters. The molecule has 1 amide bonds. The van der Waals surface area contributed by atoms with Crippen LogP contribution in [0.5, 0.6) is 5.75 Å². The fourth-order valence-electron chi connectivity index (χ4n) is 4.72. The number of aromatic nitrogens is 3. The number of amides is 1. The number of carbonyl (C=O) groups is 2. The number of nitriles is 1. The van der Waals surface area contributed by atoms with E-state index in [1.54, 1.807) is 37.4 Å². The Morgan fingerprint density at radius 1 is 1.26 bits per heavy atom. The summed E-state index contributed by atoms with van der Waals surface area (Å²) in [7, 11) is 0. The van der Waals surface area contributed by atoms with Gasteiger partial charge in [0.1, 0.15) is 40.5 Å². The van der Waals surface area contributed by atoms with Gasteiger partial charge in [0.15, 0.2) is 6.29 Å². The molecule has 13 heteroatoms. The highest BCUT2D eigenvalue weighted by Crippen LogP contribution is 2.34. The fourth-order valence-corrected chi connectivity index (χ4v) is 5.83. The van der Waals surface area contributed by atoms with Crippen LogP contribution >= 0.6 is 39.1 Å². The second-order valence-corrected chi connectivity index (χ2v) is 11.2. The minimum absolute atomic E-state index is 0.161. The maximum atomic E-state index is 13.6. The molecule has 42 heavy (non-hydrogen) atoms. The lowest BCUT2D eigenvalue weighted by atomic mass is 10.1. The van der Waals surface area contributed by atoms with E-state index >= 15 is 0 Å². The summed E-state index contributed by atoms with van der Waals surface area (Å²) in [6.45, 7) is 6.15. The molecular weight excluding hydrogens is 647 g/mol. The van der Waals surface area contributed by atoms with Crippen LogP contribution in [0.1, 0.15) is 45.0 Å². The van der Waals surface area contributed by atoms with Crippen LogP contribution in [0, 0.1) is 11.3 Å². The van der Waals surface area contributed by atoms with Crippen LogP contribution in [-0.2, 0) is 11.3 Å². The van der Waals surface area contributed by atoms with E-state index in [1.165, 1.54) is 12.3 Å². The van der Waals surface area contributed by atoms with Crippen LogP contribution in [-0.4, -0.2) is 64.5 Å². The first-order chi connectivity index (χ1) is 20.3. The van der Waals surface area contributed by atoms with Gasteiger partial charge >= 0.3 is 0 Å². The van der Waals surface area contributed by atoms with Crippen molar-refractivity contribution in [1.29, 1.82) is 5.26 Å². The summed E-state index contributed by atoms with van der Waals surface area (Å²) in [6.07, 6.45) is 3.07. The molecule has 0 bridgehead atoms. The molecule has 1 aliphatic rings. The average Bonchev–Trinajstić information content (AvgIpc) is 3.33. The Morgan fingerprint density at radius 3 is 2.69 bits per heavy atom. The topological polar surface area (TPSA) is 122 Å². The molecule has 1 N–H and O–H groups in total. The second kappa shape index (κ2) is 13.2. The molecular formula is C29H25BrCl2N6O4. The summed E-state index contributed by atoms with van der Waals surface area (Å²) in [5.41, 5.74) is 2.28. The van der Waals surface area contributed by atoms with E-state index in [2.05, 4.69) is 42.2 Å². The summed E-state index contributed by atoms with van der Waals surface area (Å²) >= 11 is 16.1. The number of carbonyl (C=O) groups excluding carboxylic acids is 2. The third kappa shape index (κ3) is 6.43. The molecule has 0 spiro atoms. The van der Waals surface area contributed by atoms with Crippen molar-refractivity contribution in [2.45, 2.75) is 19.6 Å². The molecule has 1 atom stereocenters. The van der Waals surface area contributed by atoms with E-state index in [1.807, 2.05) is 4.57 Å². The normalized spacial score (nSPS) is 14.4. The van der Waals surface area contributed by atoms with Gasteiger partial charge in [-0.25, -0.2) is 9.97 Å². The summed E-state index contributed by atoms with van der Waals surface area (Å²) in [5.74, 6) is -0.125. The molecule has 3 aromatic heterocycles. The second-order valence-electron chi connectivity index (χ2n) is 9.56. The third-order valence-corrected chi connectivity index (χ3v) is 8.18. The largest absolute Gasteiger partial charge is 0.484 e. The van der Waals surface area contributed by atoms with Crippen molar-refractivity contribution >= 4 is 68.2 Å². The Morgan fingerprint density at radius 2 is 2.00 bits per heavy atom. The molecule has 0 radical (unpaired) electrons. The van der Waals surface area contributed by atoms with Gasteiger partial charge in [-0.05, 0) is 41.1 Å². The number of anilines is 1. The number of rotatable bonds is 9. The van der Waals surface area contributed by atoms with E-state index in [-0.39, 0.29) is 28.4 Å². The summed E-state index contributed by atoms with van der Waals surface area (Å²) < 4.78 is 14.0. The van der Waals surface area contributed by atoms with Crippen molar-refractivity contribution < 1.29 is 19.1 Å². The van der Waals surface area contributed by atoms with E-state index in [0.717, 1.165) is 19.6 Å². The lowest BCUT2D eigenvalue weighted by Gasteiger charge is -2.26. The van der Waals surface area contributed by atoms with Gasteiger partial charge in [0.05, 0.1) is 30.5 Å². The Bertz CT molecular complexity index is 1680. The number of fused-ring (bicyclic) bond motifs is 1. The zero-order valence-corrected chi connectivity index (χ0v) is 25.5. The quantitative estimate of drug-likeness (QED) is 0.218. The minimum Gasteiger partial charge on any atom is -0.484 e. The lowest BCUT2D eigenvalue weighted by Crippen LogP contribution is -2.38. The molecule has 1 aliphatic heterocycles. The van der Waals surface area contributed by atoms with Gasteiger partial charge in [-0.3, -0.25) is 14.5 Å². The van der Waals surface area contributed by atoms with Crippen molar-refractivity contribution in [3.05, 3.63) is 79.6 Å². The Balaban J connectivity index is 1.42. The van der Waals surface area contributed by atoms with Gasteiger partial charge in [0, 0.05) is 58.5 Å². The van der Waals surface area contributed by atoms with Crippen molar-refractivity contribution in [3.63, 3.8) is 0 Å². The SMILES string of the molecule is CC(Oc1cc(NC(=O)c2cn(CCN3CCOCC3)c3cc(Br)c(C=O)nc23)ncc1C#N)c1c(Cl)cccc1Cl. The highest BCUT2D eigenvalue weighted by Gasteiger charge is 2.22. The van der Waals surface area contributed by atoms with Crippen molar-refractivity contribution in [2.75, 3.05) is 38.2 Å². The Labute approximate surface area is 260 Å². The van der Waals surface area contributed by atoms with Crippen LogP contribution < -0.4 is 10.1 Å². The molecule has 5 rings (SSSR count). The van der Waals surface area contributed by atoms with E-state index < -0.39 is 12.0 Å². The van der Waals surface area contributed by atoms with Gasteiger partial charge < -0.3 is 19.4 Å². The maximum Gasteiger partial charge on any atom is 0.260 e. The molecule has 0 aliphatic carbocycles. The number of nitrogens with one attached hydrogen (secondary N) is 1. The van der Waals surface area contributed by atoms with Crippen molar-refractivity contribution in [3.8, 4) is 11.8 Å². The summed E-state index contributed by atoms with van der Waals surface area (Å²) in [4.78, 5) is 36.2. The predicted molar refractivity (Wildman–Crippen MR) is 162 cm³/mol. The molecule has 1 fully saturated rings. The van der Waals surface area contributed by atoms with Crippen LogP contribution in [0.2, 0.25) is 10.0 Å². The zero-order chi connectivity index (χ0) is 29.8. The number of halogens is 3. The monoisotopic (exact) mass is 670 g/mol. The maximum absolute atomic E-state index is 13.6. The fraction of sp³-hybridized carbons (Fsp3) is 0.276. The molecule has 10 nitrogen and oxygen atoms in total. The standard InChI is InChI=1S/C29H25BrCl2N6O4/c1-17(27-21(31)3-2-4-22(27)32)42-25-12-26(34-14-18(25)13-33)36-29(40)19-15-38(6-5-37-7-9-41-10-8-37)24-11-20(30)23(16-39)35-28(19)24/h2-4,11-12,14-17H,5-10H2,1H3,(H,34,36,40). The number of aldehydes is 1. The van der Waals surface area contributed by atoms with E-state index in [4.69, 9.17) is 32.7 Å². The first kappa shape index (κ1) is 29.9. The van der Waals surface area contributed by atoms with E-state index in [9.17, 15) is 14.9 Å². The number of benzene rings is 1. The number of morpholine rings is 1. The molecule has 4 aromatic rings. The molecule has 1 saturated heterocycles. The summed E-state index contributed by atoms with van der Waals surface area (Å²) in [5, 5.41) is 13.3. The minimum atomic E-state index is -0.599. The van der Waals surface area contributed by atoms with E-state index in [0.29, 0.717) is 57.2 Å². The lowest BCUT2D eigenvalue weighted by molar-refractivity contribution is 0.0365. The van der Waals surface area contributed by atoms with Crippen LogP contribution in [0.3, 0.4) is 0 Å². The first-order valence-corrected chi connectivity index (χ1v) is 14.6. The van der Waals surface area contributed by atoms with Gasteiger partial charge in [0.25, 0.3) is 5.91 Å². The zero-order valence-electron chi connectivity index (χ0n) is 22.4. The number of nitrogens with zero attached hydrogens (tertiary/aromatic N) is 5. The van der Waals surface area contributed by atoms with Crippen LogP contribution in [0.4, 0.5) is 5.82 Å². The number of ether oxygens (including phenoxy) is 2. The predicted octanol–water partition coefficient (Wildman–Crippen LogP) is 5.91. The van der Waals surface area contributed by atoms with Gasteiger partial charge in [-0.2, -0.15) is 5.26 Å². The van der Waals surface area contributed by atoms with Gasteiger partial charge in [-0.15, -0.1) is 0 Å². The first-order valence-electron chi connectivity index (χ1n) is 13.1. The third-order valence-electron chi connectivity index (χ3n) is 6.89. The van der Waals surface area contributed by atoms with Crippen molar-refractivity contribution in [1.82, 2.24) is 19.4 Å². The Hall–Kier alpha value is -3.53. The molecule has 0 saturated carbocycles. The summed E-state index contributed by atoms with van der Waals surface area (Å²) in [6, 6.07) is 10.4. The van der Waals surface area contributed by atoms with Crippen LogP contribution in [0.25, 0.3) is 11.0 Å². The highest BCUT2D eigenvalue weighted by molar-refractivity contribution is 9.10. The molecule has 1 aromatic carbocycles. The average molecular weight is 672 g/mol. The smallest absolute Gasteiger partial charge is 0.260 e. The van der Waals surface area contributed by atoms with Crippen LogP contribution in [0.15, 0.2) is 47.2 Å². The number of hydrogen-bond acceptors (Lipinski definition) is 8. The number of hydrogen-bond donors (Lipinski definition) is 1. The van der Waals surface area contributed by atoms with Gasteiger partial charge in [-0.1, -0.05) is 29.3 Å². The molecule has 216 valence electrons. The van der Waals surface area contributed by atoms with Crippen molar-refractivity contribution in [2.24, 2.45) is 0 Å².